The first-order valence-electron chi connectivity index (χ1n) is 9.29. The Kier molecular flexibility index (Phi) is 4.89. The number of benzene rings is 1. The number of carbonyl (C=O) groups excluding carboxylic acids is 1. The Hall–Kier alpha value is -2.40. The summed E-state index contributed by atoms with van der Waals surface area (Å²) in [6.07, 6.45) is 5.70. The highest BCUT2D eigenvalue weighted by Crippen LogP contribution is 2.30. The molecule has 3 saturated heterocycles. The second-order valence-electron chi connectivity index (χ2n) is 7.33. The van der Waals surface area contributed by atoms with Gasteiger partial charge in [-0.2, -0.15) is 0 Å². The summed E-state index contributed by atoms with van der Waals surface area (Å²) < 4.78 is 5.24. The molecule has 1 amide bonds. The number of aromatic nitrogens is 1. The van der Waals surface area contributed by atoms with Crippen LogP contribution in [0.2, 0.25) is 0 Å². The van der Waals surface area contributed by atoms with E-state index in [1.807, 2.05) is 24.3 Å². The van der Waals surface area contributed by atoms with E-state index < -0.39 is 0 Å². The highest BCUT2D eigenvalue weighted by Gasteiger charge is 2.37. The summed E-state index contributed by atoms with van der Waals surface area (Å²) in [5, 5.41) is 0. The van der Waals surface area contributed by atoms with Gasteiger partial charge in [0.05, 0.1) is 7.11 Å². The van der Waals surface area contributed by atoms with Crippen LogP contribution >= 0.6 is 0 Å². The summed E-state index contributed by atoms with van der Waals surface area (Å²) in [4.78, 5) is 21.6. The Morgan fingerprint density at radius 2 is 1.85 bits per heavy atom. The van der Waals surface area contributed by atoms with Crippen LogP contribution in [0.4, 0.5) is 0 Å². The first-order valence-corrected chi connectivity index (χ1v) is 9.29. The second-order valence-corrected chi connectivity index (χ2v) is 7.33. The Balaban J connectivity index is 1.46. The van der Waals surface area contributed by atoms with Crippen LogP contribution in [0.1, 0.15) is 28.8 Å². The zero-order chi connectivity index (χ0) is 17.9. The summed E-state index contributed by atoms with van der Waals surface area (Å²) >= 11 is 0. The summed E-state index contributed by atoms with van der Waals surface area (Å²) in [7, 11) is 1.69. The van der Waals surface area contributed by atoms with Gasteiger partial charge in [-0.05, 0) is 48.6 Å². The average Bonchev–Trinajstić information content (AvgIpc) is 2.99. The molecule has 26 heavy (non-hydrogen) atoms. The number of nitrogens with zero attached hydrogens (tertiary/aromatic N) is 3. The molecule has 2 aromatic rings. The number of methoxy groups -OCH3 is 1. The van der Waals surface area contributed by atoms with Crippen molar-refractivity contribution in [1.29, 1.82) is 0 Å². The molecule has 0 spiro atoms. The van der Waals surface area contributed by atoms with Crippen molar-refractivity contribution in [3.63, 3.8) is 0 Å². The molecule has 0 saturated carbocycles. The van der Waals surface area contributed by atoms with Gasteiger partial charge in [0, 0.05) is 50.2 Å². The van der Waals surface area contributed by atoms with Crippen LogP contribution in [-0.4, -0.2) is 53.5 Å². The van der Waals surface area contributed by atoms with Crippen molar-refractivity contribution >= 4 is 5.91 Å². The lowest BCUT2D eigenvalue weighted by Gasteiger charge is -2.36. The summed E-state index contributed by atoms with van der Waals surface area (Å²) in [6, 6.07) is 12.2. The van der Waals surface area contributed by atoms with Gasteiger partial charge in [0.2, 0.25) is 0 Å². The lowest BCUT2D eigenvalue weighted by atomic mass is 9.94. The smallest absolute Gasteiger partial charge is 0.254 e. The minimum atomic E-state index is 0.147. The molecule has 5 nitrogen and oxygen atoms in total. The average molecular weight is 351 g/mol. The van der Waals surface area contributed by atoms with Crippen molar-refractivity contribution in [3.05, 3.63) is 59.9 Å². The number of rotatable bonds is 4. The number of pyridine rings is 1. The van der Waals surface area contributed by atoms with Crippen LogP contribution in [0, 0.1) is 5.92 Å². The fourth-order valence-electron chi connectivity index (χ4n) is 4.21. The highest BCUT2D eigenvalue weighted by atomic mass is 16.5. The van der Waals surface area contributed by atoms with Crippen LogP contribution in [0.15, 0.2) is 48.8 Å². The van der Waals surface area contributed by atoms with E-state index in [0.717, 1.165) is 43.9 Å². The fraction of sp³-hybridized carbons (Fsp3) is 0.429. The maximum atomic E-state index is 12.9. The van der Waals surface area contributed by atoms with E-state index in [1.54, 1.807) is 19.5 Å². The standard InChI is InChI=1S/C21H25N3O2/c1-26-20-6-3-16(4-7-20)12-23-13-17-2-5-19(15-23)24(14-17)21(25)18-8-10-22-11-9-18/h3-4,6-11,17,19H,2,5,12-15H2,1H3/t17-,19+/m1/s1. The third kappa shape index (κ3) is 3.58. The lowest BCUT2D eigenvalue weighted by molar-refractivity contribution is 0.0585. The van der Waals surface area contributed by atoms with E-state index in [2.05, 4.69) is 26.9 Å². The van der Waals surface area contributed by atoms with Crippen LogP contribution < -0.4 is 4.74 Å². The van der Waals surface area contributed by atoms with Gasteiger partial charge in [0.15, 0.2) is 0 Å². The molecule has 136 valence electrons. The second kappa shape index (κ2) is 7.46. The summed E-state index contributed by atoms with van der Waals surface area (Å²) in [6.45, 7) is 3.79. The molecule has 0 N–H and O–H groups in total. The number of piperidine rings is 1. The fourth-order valence-corrected chi connectivity index (χ4v) is 4.21. The van der Waals surface area contributed by atoms with Crippen LogP contribution in [0.25, 0.3) is 0 Å². The summed E-state index contributed by atoms with van der Waals surface area (Å²) in [5.41, 5.74) is 2.04. The first kappa shape index (κ1) is 17.0. The van der Waals surface area contributed by atoms with E-state index in [1.165, 1.54) is 12.0 Å². The predicted molar refractivity (Wildman–Crippen MR) is 100 cm³/mol. The third-order valence-electron chi connectivity index (χ3n) is 5.54. The molecule has 3 aliphatic heterocycles. The monoisotopic (exact) mass is 351 g/mol. The van der Waals surface area contributed by atoms with Crippen LogP contribution in [0.3, 0.4) is 0 Å². The van der Waals surface area contributed by atoms with Crippen LogP contribution in [0.5, 0.6) is 5.75 Å². The number of carbonyl (C=O) groups is 1. The van der Waals surface area contributed by atoms with Gasteiger partial charge in [0.1, 0.15) is 5.75 Å². The van der Waals surface area contributed by atoms with Gasteiger partial charge in [-0.25, -0.2) is 0 Å². The molecule has 4 heterocycles. The number of amides is 1. The maximum Gasteiger partial charge on any atom is 0.254 e. The molecule has 3 aliphatic rings. The van der Waals surface area contributed by atoms with Gasteiger partial charge >= 0.3 is 0 Å². The Labute approximate surface area is 154 Å². The van der Waals surface area contributed by atoms with Crippen molar-refractivity contribution in [2.75, 3.05) is 26.7 Å². The topological polar surface area (TPSA) is 45.7 Å². The number of fused-ring (bicyclic) bond motifs is 4. The molecular formula is C21H25N3O2. The largest absolute Gasteiger partial charge is 0.497 e. The van der Waals surface area contributed by atoms with Crippen molar-refractivity contribution in [1.82, 2.24) is 14.8 Å². The van der Waals surface area contributed by atoms with Gasteiger partial charge in [-0.1, -0.05) is 12.1 Å². The minimum absolute atomic E-state index is 0.147. The molecule has 1 aromatic carbocycles. The molecular weight excluding hydrogens is 326 g/mol. The van der Waals surface area contributed by atoms with E-state index in [4.69, 9.17) is 4.74 Å². The highest BCUT2D eigenvalue weighted by molar-refractivity contribution is 5.94. The van der Waals surface area contributed by atoms with E-state index in [-0.39, 0.29) is 5.91 Å². The van der Waals surface area contributed by atoms with Gasteiger partial charge < -0.3 is 9.64 Å². The maximum absolute atomic E-state index is 12.9. The number of ether oxygens (including phenoxy) is 1. The number of hydrogen-bond acceptors (Lipinski definition) is 4. The van der Waals surface area contributed by atoms with Gasteiger partial charge in [0.25, 0.3) is 5.91 Å². The first-order chi connectivity index (χ1) is 12.7. The summed E-state index contributed by atoms with van der Waals surface area (Å²) in [5.74, 6) is 1.59. The van der Waals surface area contributed by atoms with Crippen molar-refractivity contribution in [2.24, 2.45) is 5.92 Å². The molecule has 0 aliphatic carbocycles. The molecule has 2 atom stereocenters. The predicted octanol–water partition coefficient (Wildman–Crippen LogP) is 2.83. The molecule has 2 bridgehead atoms. The van der Waals surface area contributed by atoms with Gasteiger partial charge in [-0.15, -0.1) is 0 Å². The molecule has 3 fully saturated rings. The van der Waals surface area contributed by atoms with Crippen molar-refractivity contribution in [3.8, 4) is 5.75 Å². The zero-order valence-corrected chi connectivity index (χ0v) is 15.2. The Morgan fingerprint density at radius 3 is 2.58 bits per heavy atom. The lowest BCUT2D eigenvalue weighted by Crippen LogP contribution is -2.47. The van der Waals surface area contributed by atoms with E-state index in [0.29, 0.717) is 12.0 Å². The number of hydrogen-bond donors (Lipinski definition) is 0. The minimum Gasteiger partial charge on any atom is -0.497 e. The molecule has 5 rings (SSSR count). The molecule has 1 aromatic heterocycles. The molecule has 0 unspecified atom stereocenters. The Bertz CT molecular complexity index is 748. The van der Waals surface area contributed by atoms with Crippen molar-refractivity contribution < 1.29 is 9.53 Å². The van der Waals surface area contributed by atoms with Crippen molar-refractivity contribution in [2.45, 2.75) is 25.4 Å². The third-order valence-corrected chi connectivity index (χ3v) is 5.54. The van der Waals surface area contributed by atoms with Crippen LogP contribution in [-0.2, 0) is 6.54 Å². The molecule has 0 radical (unpaired) electrons. The zero-order valence-electron chi connectivity index (χ0n) is 15.2. The quantitative estimate of drug-likeness (QED) is 0.850. The molecule has 5 heteroatoms. The SMILES string of the molecule is COc1ccc(CN2C[C@H]3CC[C@@H](C2)N(C(=O)c2ccncc2)C3)cc1. The van der Waals surface area contributed by atoms with E-state index >= 15 is 0 Å². The Morgan fingerprint density at radius 1 is 1.08 bits per heavy atom. The van der Waals surface area contributed by atoms with Gasteiger partial charge in [-0.3, -0.25) is 14.7 Å². The van der Waals surface area contributed by atoms with E-state index in [9.17, 15) is 4.79 Å². The normalized spacial score (nSPS) is 22.9.